The van der Waals surface area contributed by atoms with Gasteiger partial charge in [0.1, 0.15) is 5.75 Å². The number of nitrogens with zero attached hydrogens (tertiary/aromatic N) is 2. The van der Waals surface area contributed by atoms with Crippen LogP contribution in [-0.2, 0) is 4.79 Å². The molecule has 1 saturated heterocycles. The van der Waals surface area contributed by atoms with Crippen molar-refractivity contribution in [2.24, 2.45) is 5.92 Å². The average Bonchev–Trinajstić information content (AvgIpc) is 3.12. The van der Waals surface area contributed by atoms with E-state index in [0.29, 0.717) is 23.4 Å². The van der Waals surface area contributed by atoms with E-state index in [1.165, 1.54) is 0 Å². The van der Waals surface area contributed by atoms with Gasteiger partial charge < -0.3 is 19.7 Å². The number of carboxylic acids is 1. The summed E-state index contributed by atoms with van der Waals surface area (Å²) in [4.78, 5) is 15.2. The Balaban J connectivity index is 1.76. The molecule has 0 amide bonds. The zero-order chi connectivity index (χ0) is 17.6. The van der Waals surface area contributed by atoms with Crippen molar-refractivity contribution in [2.45, 2.75) is 32.1 Å². The van der Waals surface area contributed by atoms with Gasteiger partial charge in [0.2, 0.25) is 11.7 Å². The third-order valence-corrected chi connectivity index (χ3v) is 4.61. The Labute approximate surface area is 146 Å². The number of benzene rings is 1. The lowest BCUT2D eigenvalue weighted by Crippen LogP contribution is -2.30. The van der Waals surface area contributed by atoms with Crippen LogP contribution in [0.25, 0.3) is 11.4 Å². The van der Waals surface area contributed by atoms with Gasteiger partial charge in [-0.25, -0.2) is 4.79 Å². The van der Waals surface area contributed by atoms with E-state index >= 15 is 0 Å². The van der Waals surface area contributed by atoms with Crippen LogP contribution in [0.15, 0.2) is 28.8 Å². The number of carboxylic acid groups (broad SMARTS) is 1. The summed E-state index contributed by atoms with van der Waals surface area (Å²) in [5, 5.41) is 16.2. The SMILES string of the molecule is CCC(c1nc(-c2cccc(OCC(=O)O)c2)no1)C1CCNCC1. The molecule has 1 aliphatic rings. The summed E-state index contributed by atoms with van der Waals surface area (Å²) in [6, 6.07) is 7.07. The Morgan fingerprint density at radius 1 is 1.44 bits per heavy atom. The van der Waals surface area contributed by atoms with Crippen molar-refractivity contribution in [2.75, 3.05) is 19.7 Å². The van der Waals surface area contributed by atoms with Gasteiger partial charge in [-0.1, -0.05) is 24.2 Å². The quantitative estimate of drug-likeness (QED) is 0.796. The summed E-state index contributed by atoms with van der Waals surface area (Å²) in [6.07, 6.45) is 3.21. The second-order valence-corrected chi connectivity index (χ2v) is 6.27. The Hall–Kier alpha value is -2.41. The first-order chi connectivity index (χ1) is 12.2. The topological polar surface area (TPSA) is 97.5 Å². The summed E-state index contributed by atoms with van der Waals surface area (Å²) >= 11 is 0. The molecule has 1 aromatic carbocycles. The molecule has 0 saturated carbocycles. The third-order valence-electron chi connectivity index (χ3n) is 4.61. The number of hydrogen-bond donors (Lipinski definition) is 2. The first-order valence-corrected chi connectivity index (χ1v) is 8.66. The minimum Gasteiger partial charge on any atom is -0.482 e. The van der Waals surface area contributed by atoms with E-state index in [1.807, 2.05) is 6.07 Å². The van der Waals surface area contributed by atoms with Crippen LogP contribution in [0.1, 0.15) is 38.0 Å². The number of piperidine rings is 1. The van der Waals surface area contributed by atoms with E-state index < -0.39 is 5.97 Å². The van der Waals surface area contributed by atoms with Gasteiger partial charge in [-0.05, 0) is 50.4 Å². The van der Waals surface area contributed by atoms with Crippen LogP contribution in [0.5, 0.6) is 5.75 Å². The van der Waals surface area contributed by atoms with Crippen molar-refractivity contribution >= 4 is 5.97 Å². The summed E-state index contributed by atoms with van der Waals surface area (Å²) in [5.41, 5.74) is 0.748. The first kappa shape index (κ1) is 17.4. The Kier molecular flexibility index (Phi) is 5.65. The number of aliphatic carboxylic acids is 1. The van der Waals surface area contributed by atoms with Gasteiger partial charge in [-0.2, -0.15) is 4.98 Å². The highest BCUT2D eigenvalue weighted by Gasteiger charge is 2.28. The molecule has 0 spiro atoms. The maximum atomic E-state index is 10.6. The highest BCUT2D eigenvalue weighted by atomic mass is 16.5. The first-order valence-electron chi connectivity index (χ1n) is 8.66. The van der Waals surface area contributed by atoms with Crippen molar-refractivity contribution in [3.63, 3.8) is 0 Å². The van der Waals surface area contributed by atoms with Crippen molar-refractivity contribution < 1.29 is 19.2 Å². The Morgan fingerprint density at radius 3 is 2.96 bits per heavy atom. The summed E-state index contributed by atoms with van der Waals surface area (Å²) in [6.45, 7) is 3.84. The molecule has 1 fully saturated rings. The molecule has 7 nitrogen and oxygen atoms in total. The van der Waals surface area contributed by atoms with Crippen LogP contribution in [0.2, 0.25) is 0 Å². The van der Waals surface area contributed by atoms with Gasteiger partial charge in [-0.3, -0.25) is 0 Å². The second-order valence-electron chi connectivity index (χ2n) is 6.27. The van der Waals surface area contributed by atoms with E-state index in [-0.39, 0.29) is 12.5 Å². The smallest absolute Gasteiger partial charge is 0.341 e. The molecule has 1 atom stereocenters. The summed E-state index contributed by atoms with van der Waals surface area (Å²) in [5.74, 6) is 1.47. The number of rotatable bonds is 7. The molecule has 134 valence electrons. The summed E-state index contributed by atoms with van der Waals surface area (Å²) in [7, 11) is 0. The van der Waals surface area contributed by atoms with Crippen molar-refractivity contribution in [1.82, 2.24) is 15.5 Å². The van der Waals surface area contributed by atoms with Crippen LogP contribution in [0, 0.1) is 5.92 Å². The molecular formula is C18H23N3O4. The zero-order valence-electron chi connectivity index (χ0n) is 14.3. The molecule has 1 aliphatic heterocycles. The lowest BCUT2D eigenvalue weighted by molar-refractivity contribution is -0.139. The van der Waals surface area contributed by atoms with Crippen molar-refractivity contribution in [3.05, 3.63) is 30.2 Å². The largest absolute Gasteiger partial charge is 0.482 e. The standard InChI is InChI=1S/C18H23N3O4/c1-2-15(12-6-8-19-9-7-12)18-20-17(21-25-18)13-4-3-5-14(10-13)24-11-16(22)23/h3-5,10,12,15,19H,2,6-9,11H2,1H3,(H,22,23). The maximum absolute atomic E-state index is 10.6. The van der Waals surface area contributed by atoms with E-state index in [1.54, 1.807) is 18.2 Å². The van der Waals surface area contributed by atoms with Gasteiger partial charge in [0.25, 0.3) is 0 Å². The molecule has 1 unspecified atom stereocenters. The molecule has 2 heterocycles. The molecule has 1 aromatic heterocycles. The fourth-order valence-electron chi connectivity index (χ4n) is 3.33. The average molecular weight is 345 g/mol. The minimum absolute atomic E-state index is 0.273. The number of nitrogens with one attached hydrogen (secondary N) is 1. The fourth-order valence-corrected chi connectivity index (χ4v) is 3.33. The van der Waals surface area contributed by atoms with Gasteiger partial charge in [0.15, 0.2) is 6.61 Å². The zero-order valence-corrected chi connectivity index (χ0v) is 14.3. The van der Waals surface area contributed by atoms with Gasteiger partial charge in [-0.15, -0.1) is 0 Å². The van der Waals surface area contributed by atoms with Gasteiger partial charge >= 0.3 is 5.97 Å². The second kappa shape index (κ2) is 8.11. The molecule has 7 heteroatoms. The van der Waals surface area contributed by atoms with Gasteiger partial charge in [0.05, 0.1) is 0 Å². The molecule has 0 bridgehead atoms. The lowest BCUT2D eigenvalue weighted by Gasteiger charge is -2.27. The number of hydrogen-bond acceptors (Lipinski definition) is 6. The van der Waals surface area contributed by atoms with Crippen LogP contribution in [0.4, 0.5) is 0 Å². The van der Waals surface area contributed by atoms with Gasteiger partial charge in [0, 0.05) is 11.5 Å². The highest BCUT2D eigenvalue weighted by Crippen LogP contribution is 2.34. The summed E-state index contributed by atoms with van der Waals surface area (Å²) < 4.78 is 10.8. The normalized spacial score (nSPS) is 16.5. The van der Waals surface area contributed by atoms with E-state index in [2.05, 4.69) is 22.4 Å². The Morgan fingerprint density at radius 2 is 2.24 bits per heavy atom. The molecular weight excluding hydrogens is 322 g/mol. The monoisotopic (exact) mass is 345 g/mol. The van der Waals surface area contributed by atoms with Crippen molar-refractivity contribution in [1.29, 1.82) is 0 Å². The van der Waals surface area contributed by atoms with Crippen LogP contribution < -0.4 is 10.1 Å². The third kappa shape index (κ3) is 4.36. The van der Waals surface area contributed by atoms with E-state index in [0.717, 1.165) is 37.9 Å². The predicted molar refractivity (Wildman–Crippen MR) is 91.5 cm³/mol. The van der Waals surface area contributed by atoms with Crippen molar-refractivity contribution in [3.8, 4) is 17.1 Å². The molecule has 2 aromatic rings. The molecule has 2 N–H and O–H groups in total. The van der Waals surface area contributed by atoms with Crippen LogP contribution >= 0.6 is 0 Å². The van der Waals surface area contributed by atoms with Crippen LogP contribution in [-0.4, -0.2) is 40.9 Å². The van der Waals surface area contributed by atoms with E-state index in [4.69, 9.17) is 14.4 Å². The number of ether oxygens (including phenoxy) is 1. The molecule has 3 rings (SSSR count). The number of aromatic nitrogens is 2. The lowest BCUT2D eigenvalue weighted by atomic mass is 9.83. The molecule has 0 aliphatic carbocycles. The molecule has 25 heavy (non-hydrogen) atoms. The predicted octanol–water partition coefficient (Wildman–Crippen LogP) is 2.69. The number of carbonyl (C=O) groups is 1. The highest BCUT2D eigenvalue weighted by molar-refractivity contribution is 5.68. The molecule has 0 radical (unpaired) electrons. The maximum Gasteiger partial charge on any atom is 0.341 e. The minimum atomic E-state index is -1.01. The van der Waals surface area contributed by atoms with E-state index in [9.17, 15) is 4.79 Å². The van der Waals surface area contributed by atoms with Crippen LogP contribution in [0.3, 0.4) is 0 Å². The Bertz CT molecular complexity index is 710. The fraction of sp³-hybridized carbons (Fsp3) is 0.500.